The number of allylic oxidation sites excluding steroid dienone is 1. The van der Waals surface area contributed by atoms with E-state index in [2.05, 4.69) is 4.90 Å². The van der Waals surface area contributed by atoms with Gasteiger partial charge in [-0.3, -0.25) is 4.79 Å². The molecule has 0 saturated carbocycles. The average Bonchev–Trinajstić information content (AvgIpc) is 3.26. The van der Waals surface area contributed by atoms with E-state index in [4.69, 9.17) is 0 Å². The summed E-state index contributed by atoms with van der Waals surface area (Å²) in [6.07, 6.45) is 1.28. The van der Waals surface area contributed by atoms with Crippen molar-refractivity contribution >= 4 is 39.3 Å². The van der Waals surface area contributed by atoms with Gasteiger partial charge in [0.1, 0.15) is 10.8 Å². The maximum atomic E-state index is 12.7. The number of aliphatic hydroxyl groups is 1. The molecule has 0 unspecified atom stereocenters. The number of hydrogen-bond donors (Lipinski definition) is 1. The van der Waals surface area contributed by atoms with Gasteiger partial charge in [-0.1, -0.05) is 66.7 Å². The molecule has 0 aliphatic heterocycles. The lowest BCUT2D eigenvalue weighted by atomic mass is 10.1. The van der Waals surface area contributed by atoms with E-state index < -0.39 is 0 Å². The number of hydrogen-bond acceptors (Lipinski definition) is 4. The smallest absolute Gasteiger partial charge is 0.199 e. The van der Waals surface area contributed by atoms with Crippen LogP contribution in [-0.2, 0) is 0 Å². The number of aliphatic hydroxyl groups excluding tert-OH is 1. The zero-order valence-electron chi connectivity index (χ0n) is 15.6. The summed E-state index contributed by atoms with van der Waals surface area (Å²) in [5, 5.41) is 11.2. The van der Waals surface area contributed by atoms with Gasteiger partial charge in [-0.15, -0.1) is 11.3 Å². The molecule has 1 N–H and O–H groups in total. The van der Waals surface area contributed by atoms with E-state index in [0.717, 1.165) is 16.4 Å². The zero-order valence-corrected chi connectivity index (χ0v) is 16.4. The highest BCUT2D eigenvalue weighted by atomic mass is 32.1. The molecule has 3 aromatic carbocycles. The molecule has 4 aromatic rings. The lowest BCUT2D eigenvalue weighted by Crippen LogP contribution is -2.07. The van der Waals surface area contributed by atoms with Crippen molar-refractivity contribution in [1.82, 2.24) is 0 Å². The number of benzene rings is 3. The first kappa shape index (κ1) is 18.7. The Hall–Kier alpha value is -3.63. The first-order chi connectivity index (χ1) is 14.2. The quantitative estimate of drug-likeness (QED) is 0.216. The van der Waals surface area contributed by atoms with Gasteiger partial charge in [0.25, 0.3) is 0 Å². The van der Waals surface area contributed by atoms with Crippen LogP contribution in [-0.4, -0.2) is 10.9 Å². The fourth-order valence-corrected chi connectivity index (χ4v) is 3.98. The van der Waals surface area contributed by atoms with Crippen LogP contribution >= 0.6 is 11.3 Å². The molecule has 0 spiro atoms. The van der Waals surface area contributed by atoms with Crippen LogP contribution in [0.15, 0.2) is 109 Å². The summed E-state index contributed by atoms with van der Waals surface area (Å²) < 4.78 is 0. The van der Waals surface area contributed by atoms with E-state index in [9.17, 15) is 9.90 Å². The molecule has 0 aliphatic rings. The molecular formula is C25H19NO2S. The third kappa shape index (κ3) is 4.28. The molecule has 1 aromatic heterocycles. The third-order valence-corrected chi connectivity index (χ3v) is 5.51. The third-order valence-electron chi connectivity index (χ3n) is 4.42. The van der Waals surface area contributed by atoms with Crippen LogP contribution in [0.25, 0.3) is 5.76 Å². The highest BCUT2D eigenvalue weighted by molar-refractivity contribution is 7.18. The van der Waals surface area contributed by atoms with Crippen molar-refractivity contribution in [2.24, 2.45) is 0 Å². The second-order valence-electron chi connectivity index (χ2n) is 6.40. The normalized spacial score (nSPS) is 11.2. The predicted octanol–water partition coefficient (Wildman–Crippen LogP) is 7.00. The molecule has 0 radical (unpaired) electrons. The molecule has 0 fully saturated rings. The summed E-state index contributed by atoms with van der Waals surface area (Å²) >= 11 is 1.40. The van der Waals surface area contributed by atoms with Gasteiger partial charge in [-0.2, -0.15) is 0 Å². The standard InChI is InChI=1S/C25H19NO2S/c27-22(19-10-4-1-5-11-19)18-23(28)24-16-17-25(29-24)26(20-12-6-2-7-13-20)21-14-8-3-9-15-21/h1-18,27H. The number of nitrogens with zero attached hydrogens (tertiary/aromatic N) is 1. The molecule has 0 bridgehead atoms. The van der Waals surface area contributed by atoms with Crippen molar-refractivity contribution in [3.8, 4) is 0 Å². The number of rotatable bonds is 6. The largest absolute Gasteiger partial charge is 0.507 e. The summed E-state index contributed by atoms with van der Waals surface area (Å²) in [5.74, 6) is -0.253. The molecule has 142 valence electrons. The van der Waals surface area contributed by atoms with Crippen molar-refractivity contribution in [2.45, 2.75) is 0 Å². The molecule has 3 nitrogen and oxygen atoms in total. The number of para-hydroxylation sites is 2. The van der Waals surface area contributed by atoms with E-state index in [-0.39, 0.29) is 11.5 Å². The minimum atomic E-state index is -0.219. The molecule has 4 heteroatoms. The molecule has 0 saturated heterocycles. The van der Waals surface area contributed by atoms with Gasteiger partial charge in [0.2, 0.25) is 0 Å². The molecule has 0 aliphatic carbocycles. The molecule has 0 amide bonds. The van der Waals surface area contributed by atoms with Gasteiger partial charge in [0.05, 0.1) is 4.88 Å². The summed E-state index contributed by atoms with van der Waals surface area (Å²) in [4.78, 5) is 15.4. The first-order valence-corrected chi connectivity index (χ1v) is 10.0. The van der Waals surface area contributed by atoms with Gasteiger partial charge in [0.15, 0.2) is 5.78 Å². The molecule has 1 heterocycles. The Bertz CT molecular complexity index is 1080. The van der Waals surface area contributed by atoms with Crippen molar-refractivity contribution in [1.29, 1.82) is 0 Å². The van der Waals surface area contributed by atoms with Crippen LogP contribution in [0.1, 0.15) is 15.2 Å². The fourth-order valence-electron chi connectivity index (χ4n) is 3.03. The average molecular weight is 397 g/mol. The fraction of sp³-hybridized carbons (Fsp3) is 0. The molecule has 29 heavy (non-hydrogen) atoms. The van der Waals surface area contributed by atoms with Crippen LogP contribution in [0.2, 0.25) is 0 Å². The number of carbonyl (C=O) groups excluding carboxylic acids is 1. The van der Waals surface area contributed by atoms with Crippen LogP contribution in [0.3, 0.4) is 0 Å². The summed E-state index contributed by atoms with van der Waals surface area (Å²) in [6.45, 7) is 0. The van der Waals surface area contributed by atoms with Crippen LogP contribution in [0.5, 0.6) is 0 Å². The van der Waals surface area contributed by atoms with Crippen molar-refractivity contribution in [3.63, 3.8) is 0 Å². The Morgan fingerprint density at radius 1 is 0.724 bits per heavy atom. The van der Waals surface area contributed by atoms with Crippen molar-refractivity contribution in [3.05, 3.63) is 120 Å². The Morgan fingerprint density at radius 3 is 1.79 bits per heavy atom. The number of thiophene rings is 1. The monoisotopic (exact) mass is 397 g/mol. The minimum absolute atomic E-state index is 0.0338. The van der Waals surface area contributed by atoms with Crippen molar-refractivity contribution < 1.29 is 9.90 Å². The van der Waals surface area contributed by atoms with Crippen LogP contribution < -0.4 is 4.90 Å². The van der Waals surface area contributed by atoms with E-state index in [1.54, 1.807) is 18.2 Å². The highest BCUT2D eigenvalue weighted by Gasteiger charge is 2.16. The number of ketones is 1. The maximum absolute atomic E-state index is 12.7. The summed E-state index contributed by atoms with van der Waals surface area (Å²) in [6, 6.07) is 32.9. The SMILES string of the molecule is O=C(C=C(O)c1ccccc1)c1ccc(N(c2ccccc2)c2ccccc2)s1. The number of carbonyl (C=O) groups is 1. The number of anilines is 3. The van der Waals surface area contributed by atoms with E-state index in [1.165, 1.54) is 17.4 Å². The van der Waals surface area contributed by atoms with Gasteiger partial charge in [-0.05, 0) is 36.4 Å². The lowest BCUT2D eigenvalue weighted by molar-refractivity contribution is 0.105. The lowest BCUT2D eigenvalue weighted by Gasteiger charge is -2.23. The minimum Gasteiger partial charge on any atom is -0.507 e. The Kier molecular flexibility index (Phi) is 5.54. The van der Waals surface area contributed by atoms with Gasteiger partial charge in [0, 0.05) is 23.0 Å². The van der Waals surface area contributed by atoms with Crippen LogP contribution in [0, 0.1) is 0 Å². The van der Waals surface area contributed by atoms with E-state index in [1.807, 2.05) is 84.9 Å². The second-order valence-corrected chi connectivity index (χ2v) is 7.47. The summed E-state index contributed by atoms with van der Waals surface area (Å²) in [5.41, 5.74) is 2.65. The Balaban J connectivity index is 1.66. The zero-order chi connectivity index (χ0) is 20.1. The highest BCUT2D eigenvalue weighted by Crippen LogP contribution is 2.38. The van der Waals surface area contributed by atoms with E-state index >= 15 is 0 Å². The van der Waals surface area contributed by atoms with Gasteiger partial charge >= 0.3 is 0 Å². The summed E-state index contributed by atoms with van der Waals surface area (Å²) in [7, 11) is 0. The molecule has 0 atom stereocenters. The molecule has 4 rings (SSSR count). The van der Waals surface area contributed by atoms with Gasteiger partial charge in [-0.25, -0.2) is 0 Å². The topological polar surface area (TPSA) is 40.5 Å². The second kappa shape index (κ2) is 8.59. The van der Waals surface area contributed by atoms with Gasteiger partial charge < -0.3 is 10.0 Å². The maximum Gasteiger partial charge on any atom is 0.199 e. The predicted molar refractivity (Wildman–Crippen MR) is 120 cm³/mol. The molecular weight excluding hydrogens is 378 g/mol. The Labute approximate surface area is 173 Å². The Morgan fingerprint density at radius 2 is 1.24 bits per heavy atom. The van der Waals surface area contributed by atoms with E-state index in [0.29, 0.717) is 10.4 Å². The van der Waals surface area contributed by atoms with Crippen LogP contribution in [0.4, 0.5) is 16.4 Å². The first-order valence-electron chi connectivity index (χ1n) is 9.23. The van der Waals surface area contributed by atoms with Crippen molar-refractivity contribution in [2.75, 3.05) is 4.90 Å².